The minimum Gasteiger partial charge on any atom is -0.271 e. The summed E-state index contributed by atoms with van der Waals surface area (Å²) in [6.07, 6.45) is 5.11. The maximum atomic E-state index is 6.26. The van der Waals surface area contributed by atoms with Gasteiger partial charge in [-0.1, -0.05) is 11.6 Å². The van der Waals surface area contributed by atoms with E-state index in [4.69, 9.17) is 17.4 Å². The highest BCUT2D eigenvalue weighted by Crippen LogP contribution is 2.21. The minimum atomic E-state index is 0.106. The summed E-state index contributed by atoms with van der Waals surface area (Å²) in [4.78, 5) is 4.01. The van der Waals surface area contributed by atoms with Crippen molar-refractivity contribution < 1.29 is 0 Å². The molecule has 19 heavy (non-hydrogen) atoms. The third-order valence-corrected chi connectivity index (χ3v) is 3.66. The van der Waals surface area contributed by atoms with Crippen LogP contribution in [0.3, 0.4) is 0 Å². The predicted molar refractivity (Wildman–Crippen MR) is 75.7 cm³/mol. The molecule has 0 radical (unpaired) electrons. The molecular formula is C13H18ClN5. The average molecular weight is 280 g/mol. The monoisotopic (exact) mass is 279 g/mol. The summed E-state index contributed by atoms with van der Waals surface area (Å²) in [6.45, 7) is 1.90. The van der Waals surface area contributed by atoms with E-state index in [0.29, 0.717) is 0 Å². The van der Waals surface area contributed by atoms with Gasteiger partial charge < -0.3 is 0 Å². The van der Waals surface area contributed by atoms with Crippen LogP contribution in [0.15, 0.2) is 24.5 Å². The molecule has 1 unspecified atom stereocenters. The van der Waals surface area contributed by atoms with Crippen molar-refractivity contribution in [2.24, 2.45) is 12.9 Å². The summed E-state index contributed by atoms with van der Waals surface area (Å²) in [7, 11) is 1.90. The van der Waals surface area contributed by atoms with Gasteiger partial charge in [-0.2, -0.15) is 5.10 Å². The van der Waals surface area contributed by atoms with Gasteiger partial charge in [-0.15, -0.1) is 0 Å². The lowest BCUT2D eigenvalue weighted by atomic mass is 10.0. The lowest BCUT2D eigenvalue weighted by Crippen LogP contribution is -2.39. The first-order chi connectivity index (χ1) is 9.11. The van der Waals surface area contributed by atoms with Crippen LogP contribution in [0.4, 0.5) is 0 Å². The third-order valence-electron chi connectivity index (χ3n) is 3.17. The second-order valence-electron chi connectivity index (χ2n) is 4.60. The highest BCUT2D eigenvalue weighted by atomic mass is 35.5. The number of hydrazine groups is 1. The Morgan fingerprint density at radius 2 is 2.05 bits per heavy atom. The predicted octanol–water partition coefficient (Wildman–Crippen LogP) is 1.39. The Morgan fingerprint density at radius 3 is 2.58 bits per heavy atom. The number of nitrogens with zero attached hydrogens (tertiary/aromatic N) is 3. The zero-order chi connectivity index (χ0) is 13.8. The van der Waals surface area contributed by atoms with E-state index in [2.05, 4.69) is 15.5 Å². The number of aryl methyl sites for hydroxylation is 2. The van der Waals surface area contributed by atoms with Crippen LogP contribution in [0.5, 0.6) is 0 Å². The maximum absolute atomic E-state index is 6.26. The third kappa shape index (κ3) is 3.32. The number of aromatic nitrogens is 3. The van der Waals surface area contributed by atoms with Gasteiger partial charge in [0.25, 0.3) is 0 Å². The van der Waals surface area contributed by atoms with Crippen molar-refractivity contribution in [3.63, 3.8) is 0 Å². The van der Waals surface area contributed by atoms with E-state index in [1.165, 1.54) is 5.56 Å². The van der Waals surface area contributed by atoms with Crippen molar-refractivity contribution in [1.29, 1.82) is 0 Å². The number of rotatable bonds is 5. The minimum absolute atomic E-state index is 0.106. The van der Waals surface area contributed by atoms with E-state index in [1.54, 1.807) is 12.4 Å². The number of halogens is 1. The molecule has 2 aromatic heterocycles. The molecule has 0 fully saturated rings. The average Bonchev–Trinajstić information content (AvgIpc) is 2.65. The summed E-state index contributed by atoms with van der Waals surface area (Å²) in [5.41, 5.74) is 5.87. The van der Waals surface area contributed by atoms with Crippen LogP contribution in [0.25, 0.3) is 0 Å². The number of hydrogen-bond acceptors (Lipinski definition) is 4. The summed E-state index contributed by atoms with van der Waals surface area (Å²) >= 11 is 6.26. The smallest absolute Gasteiger partial charge is 0.0847 e. The SMILES string of the molecule is Cc1nn(C)c(CC(Cc2ccncc2)NN)c1Cl. The lowest BCUT2D eigenvalue weighted by molar-refractivity contribution is 0.505. The van der Waals surface area contributed by atoms with Gasteiger partial charge in [0, 0.05) is 31.9 Å². The molecule has 2 heterocycles. The summed E-state index contributed by atoms with van der Waals surface area (Å²) in [5.74, 6) is 5.64. The quantitative estimate of drug-likeness (QED) is 0.641. The van der Waals surface area contributed by atoms with Gasteiger partial charge in [0.15, 0.2) is 0 Å². The fourth-order valence-corrected chi connectivity index (χ4v) is 2.37. The van der Waals surface area contributed by atoms with Crippen molar-refractivity contribution in [3.05, 3.63) is 46.5 Å². The van der Waals surface area contributed by atoms with Crippen molar-refractivity contribution in [2.75, 3.05) is 0 Å². The maximum Gasteiger partial charge on any atom is 0.0847 e. The normalized spacial score (nSPS) is 12.6. The molecule has 6 heteroatoms. The van der Waals surface area contributed by atoms with Crippen LogP contribution in [-0.2, 0) is 19.9 Å². The molecule has 2 rings (SSSR count). The molecule has 0 aliphatic rings. The molecule has 0 saturated carbocycles. The fourth-order valence-electron chi connectivity index (χ4n) is 2.13. The summed E-state index contributed by atoms with van der Waals surface area (Å²) < 4.78 is 1.81. The van der Waals surface area contributed by atoms with Crippen LogP contribution in [0, 0.1) is 6.92 Å². The lowest BCUT2D eigenvalue weighted by Gasteiger charge is -2.16. The van der Waals surface area contributed by atoms with Crippen molar-refractivity contribution in [1.82, 2.24) is 20.2 Å². The molecule has 5 nitrogen and oxygen atoms in total. The second-order valence-corrected chi connectivity index (χ2v) is 4.97. The molecule has 0 saturated heterocycles. The van der Waals surface area contributed by atoms with Gasteiger partial charge in [0.05, 0.1) is 16.4 Å². The molecule has 0 aliphatic heterocycles. The van der Waals surface area contributed by atoms with Crippen LogP contribution < -0.4 is 11.3 Å². The Morgan fingerprint density at radius 1 is 1.37 bits per heavy atom. The van der Waals surface area contributed by atoms with Crippen LogP contribution in [0.1, 0.15) is 17.0 Å². The van der Waals surface area contributed by atoms with Crippen LogP contribution in [0.2, 0.25) is 5.02 Å². The Bertz CT molecular complexity index is 537. The molecular weight excluding hydrogens is 262 g/mol. The highest BCUT2D eigenvalue weighted by Gasteiger charge is 2.16. The Labute approximate surface area is 117 Å². The van der Waals surface area contributed by atoms with Crippen LogP contribution in [-0.4, -0.2) is 20.8 Å². The van der Waals surface area contributed by atoms with Crippen LogP contribution >= 0.6 is 11.6 Å². The van der Waals surface area contributed by atoms with E-state index in [9.17, 15) is 0 Å². The second kappa shape index (κ2) is 6.14. The van der Waals surface area contributed by atoms with E-state index in [0.717, 1.165) is 29.3 Å². The van der Waals surface area contributed by atoms with Gasteiger partial charge in [0.1, 0.15) is 0 Å². The molecule has 102 valence electrons. The standard InChI is InChI=1S/C13H18ClN5/c1-9-13(14)12(19(2)18-9)8-11(17-15)7-10-3-5-16-6-4-10/h3-6,11,17H,7-8,15H2,1-2H3. The van der Waals surface area contributed by atoms with Gasteiger partial charge in [-0.25, -0.2) is 0 Å². The van der Waals surface area contributed by atoms with Gasteiger partial charge >= 0.3 is 0 Å². The fraction of sp³-hybridized carbons (Fsp3) is 0.385. The largest absolute Gasteiger partial charge is 0.271 e. The molecule has 0 aliphatic carbocycles. The first-order valence-electron chi connectivity index (χ1n) is 6.14. The summed E-state index contributed by atoms with van der Waals surface area (Å²) in [5, 5.41) is 5.03. The van der Waals surface area contributed by atoms with Crippen molar-refractivity contribution in [3.8, 4) is 0 Å². The Hall–Kier alpha value is -1.43. The molecule has 1 atom stereocenters. The summed E-state index contributed by atoms with van der Waals surface area (Å²) in [6, 6.07) is 4.08. The topological polar surface area (TPSA) is 68.8 Å². The zero-order valence-corrected chi connectivity index (χ0v) is 11.9. The Kier molecular flexibility index (Phi) is 4.52. The van der Waals surface area contributed by atoms with Crippen molar-refractivity contribution >= 4 is 11.6 Å². The van der Waals surface area contributed by atoms with E-state index >= 15 is 0 Å². The van der Waals surface area contributed by atoms with E-state index < -0.39 is 0 Å². The van der Waals surface area contributed by atoms with Gasteiger partial charge in [-0.3, -0.25) is 20.9 Å². The first-order valence-corrected chi connectivity index (χ1v) is 6.52. The number of nitrogens with one attached hydrogen (secondary N) is 1. The van der Waals surface area contributed by atoms with E-state index in [1.807, 2.05) is 30.8 Å². The number of nitrogens with two attached hydrogens (primary N) is 1. The van der Waals surface area contributed by atoms with Gasteiger partial charge in [0.2, 0.25) is 0 Å². The number of pyridine rings is 1. The molecule has 0 aromatic carbocycles. The van der Waals surface area contributed by atoms with Gasteiger partial charge in [-0.05, 0) is 31.0 Å². The number of hydrogen-bond donors (Lipinski definition) is 2. The molecule has 0 bridgehead atoms. The first kappa shape index (κ1) is 14.0. The molecule has 3 N–H and O–H groups in total. The van der Waals surface area contributed by atoms with E-state index in [-0.39, 0.29) is 6.04 Å². The molecule has 2 aromatic rings. The Balaban J connectivity index is 2.11. The molecule has 0 spiro atoms. The highest BCUT2D eigenvalue weighted by molar-refractivity contribution is 6.31. The molecule has 0 amide bonds. The zero-order valence-electron chi connectivity index (χ0n) is 11.1. The van der Waals surface area contributed by atoms with Crippen molar-refractivity contribution in [2.45, 2.75) is 25.8 Å².